The Kier molecular flexibility index (Phi) is 2.37. The number of anilines is 1. The van der Waals surface area contributed by atoms with Crippen molar-refractivity contribution >= 4 is 5.69 Å². The zero-order valence-electron chi connectivity index (χ0n) is 8.36. The number of benzene rings is 1. The first-order chi connectivity index (χ1) is 6.98. The molecule has 0 fully saturated rings. The van der Waals surface area contributed by atoms with Crippen molar-refractivity contribution in [3.05, 3.63) is 29.3 Å². The standard InChI is InChI=1S/C11H12F3N/c1-7-2-3-8-9(11(12,13)14)4-5-15-10(8)6-7/h2-3,6,9,15H,4-5H2,1H3. The van der Waals surface area contributed by atoms with Gasteiger partial charge in [-0.3, -0.25) is 0 Å². The molecular formula is C11H12F3N. The summed E-state index contributed by atoms with van der Waals surface area (Å²) in [6.07, 6.45) is -4.01. The monoisotopic (exact) mass is 215 g/mol. The molecule has 0 radical (unpaired) electrons. The third-order valence-corrected chi connectivity index (χ3v) is 2.73. The summed E-state index contributed by atoms with van der Waals surface area (Å²) in [5.74, 6) is -1.31. The van der Waals surface area contributed by atoms with Gasteiger partial charge in [-0.15, -0.1) is 0 Å². The molecule has 0 saturated heterocycles. The highest BCUT2D eigenvalue weighted by Gasteiger charge is 2.42. The second-order valence-electron chi connectivity index (χ2n) is 3.90. The van der Waals surface area contributed by atoms with Gasteiger partial charge in [-0.1, -0.05) is 12.1 Å². The van der Waals surface area contributed by atoms with Crippen molar-refractivity contribution in [2.75, 3.05) is 11.9 Å². The van der Waals surface area contributed by atoms with Crippen molar-refractivity contribution in [2.45, 2.75) is 25.4 Å². The lowest BCUT2D eigenvalue weighted by atomic mass is 9.90. The first-order valence-electron chi connectivity index (χ1n) is 4.89. The summed E-state index contributed by atoms with van der Waals surface area (Å²) in [5, 5.41) is 3.01. The molecule has 1 nitrogen and oxygen atoms in total. The van der Waals surface area contributed by atoms with Crippen LogP contribution in [0.1, 0.15) is 23.5 Å². The number of hydrogen-bond donors (Lipinski definition) is 1. The van der Waals surface area contributed by atoms with E-state index in [1.54, 1.807) is 18.2 Å². The van der Waals surface area contributed by atoms with Gasteiger partial charge in [0, 0.05) is 12.2 Å². The number of aryl methyl sites for hydroxylation is 1. The van der Waals surface area contributed by atoms with Gasteiger partial charge in [0.05, 0.1) is 5.92 Å². The molecule has 4 heteroatoms. The molecule has 2 rings (SSSR count). The van der Waals surface area contributed by atoms with Crippen LogP contribution in [0.4, 0.5) is 18.9 Å². The molecule has 0 aromatic heterocycles. The van der Waals surface area contributed by atoms with E-state index in [-0.39, 0.29) is 6.42 Å². The molecule has 1 atom stereocenters. The summed E-state index contributed by atoms with van der Waals surface area (Å²) >= 11 is 0. The smallest absolute Gasteiger partial charge is 0.385 e. The zero-order chi connectivity index (χ0) is 11.1. The van der Waals surface area contributed by atoms with Gasteiger partial charge in [-0.2, -0.15) is 13.2 Å². The van der Waals surface area contributed by atoms with E-state index in [9.17, 15) is 13.2 Å². The van der Waals surface area contributed by atoms with Gasteiger partial charge in [0.2, 0.25) is 0 Å². The van der Waals surface area contributed by atoms with E-state index in [0.717, 1.165) is 5.56 Å². The molecule has 1 aliphatic rings. The average Bonchev–Trinajstić information content (AvgIpc) is 2.15. The van der Waals surface area contributed by atoms with Crippen molar-refractivity contribution < 1.29 is 13.2 Å². The average molecular weight is 215 g/mol. The summed E-state index contributed by atoms with van der Waals surface area (Å²) in [5.41, 5.74) is 1.98. The highest BCUT2D eigenvalue weighted by molar-refractivity contribution is 5.56. The lowest BCUT2D eigenvalue weighted by Crippen LogP contribution is -2.28. The third-order valence-electron chi connectivity index (χ3n) is 2.73. The highest BCUT2D eigenvalue weighted by atomic mass is 19.4. The maximum absolute atomic E-state index is 12.7. The molecule has 1 unspecified atom stereocenters. The van der Waals surface area contributed by atoms with Gasteiger partial charge in [-0.25, -0.2) is 0 Å². The number of rotatable bonds is 0. The van der Waals surface area contributed by atoms with Crippen LogP contribution in [0.3, 0.4) is 0 Å². The maximum Gasteiger partial charge on any atom is 0.395 e. The van der Waals surface area contributed by atoms with Crippen LogP contribution < -0.4 is 5.32 Å². The molecule has 0 amide bonds. The molecule has 1 aliphatic heterocycles. The minimum atomic E-state index is -4.13. The van der Waals surface area contributed by atoms with Crippen LogP contribution in [0.15, 0.2) is 18.2 Å². The fraction of sp³-hybridized carbons (Fsp3) is 0.455. The van der Waals surface area contributed by atoms with E-state index in [4.69, 9.17) is 0 Å². The predicted octanol–water partition coefficient (Wildman–Crippen LogP) is 3.46. The quantitative estimate of drug-likeness (QED) is 0.698. The molecule has 0 aliphatic carbocycles. The van der Waals surface area contributed by atoms with Crippen LogP contribution >= 0.6 is 0 Å². The Morgan fingerprint density at radius 1 is 1.33 bits per heavy atom. The summed E-state index contributed by atoms with van der Waals surface area (Å²) in [4.78, 5) is 0. The Bertz CT molecular complexity index is 371. The molecule has 1 aromatic rings. The lowest BCUT2D eigenvalue weighted by Gasteiger charge is -2.28. The SMILES string of the molecule is Cc1ccc2c(c1)NCCC2C(F)(F)F. The lowest BCUT2D eigenvalue weighted by molar-refractivity contribution is -0.151. The van der Waals surface area contributed by atoms with Crippen LogP contribution in [0.5, 0.6) is 0 Å². The number of hydrogen-bond acceptors (Lipinski definition) is 1. The van der Waals surface area contributed by atoms with E-state index in [1.165, 1.54) is 0 Å². The Labute approximate surface area is 86.3 Å². The van der Waals surface area contributed by atoms with Crippen LogP contribution in [-0.2, 0) is 0 Å². The molecule has 0 spiro atoms. The van der Waals surface area contributed by atoms with Crippen LogP contribution in [0.2, 0.25) is 0 Å². The molecule has 1 aromatic carbocycles. The highest BCUT2D eigenvalue weighted by Crippen LogP contribution is 2.42. The topological polar surface area (TPSA) is 12.0 Å². The largest absolute Gasteiger partial charge is 0.395 e. The fourth-order valence-electron chi connectivity index (χ4n) is 1.97. The van der Waals surface area contributed by atoms with E-state index in [0.29, 0.717) is 17.8 Å². The van der Waals surface area contributed by atoms with Gasteiger partial charge >= 0.3 is 6.18 Å². The molecular weight excluding hydrogens is 203 g/mol. The number of nitrogens with one attached hydrogen (secondary N) is 1. The van der Waals surface area contributed by atoms with Gasteiger partial charge in [0.1, 0.15) is 0 Å². The van der Waals surface area contributed by atoms with Gasteiger partial charge in [0.25, 0.3) is 0 Å². The summed E-state index contributed by atoms with van der Waals surface area (Å²) in [6, 6.07) is 5.08. The molecule has 1 heterocycles. The number of alkyl halides is 3. The fourth-order valence-corrected chi connectivity index (χ4v) is 1.97. The van der Waals surface area contributed by atoms with Crippen LogP contribution in [0, 0.1) is 6.92 Å². The van der Waals surface area contributed by atoms with E-state index in [1.807, 2.05) is 6.92 Å². The number of fused-ring (bicyclic) bond motifs is 1. The van der Waals surface area contributed by atoms with Crippen molar-refractivity contribution in [3.63, 3.8) is 0 Å². The van der Waals surface area contributed by atoms with Crippen molar-refractivity contribution in [1.29, 1.82) is 0 Å². The van der Waals surface area contributed by atoms with Crippen LogP contribution in [-0.4, -0.2) is 12.7 Å². The Hall–Kier alpha value is -1.19. The van der Waals surface area contributed by atoms with Crippen molar-refractivity contribution in [2.24, 2.45) is 0 Å². The maximum atomic E-state index is 12.7. The van der Waals surface area contributed by atoms with Crippen LogP contribution in [0.25, 0.3) is 0 Å². The predicted molar refractivity (Wildman–Crippen MR) is 53.1 cm³/mol. The minimum absolute atomic E-state index is 0.125. The second-order valence-corrected chi connectivity index (χ2v) is 3.90. The Morgan fingerprint density at radius 2 is 2.07 bits per heavy atom. The van der Waals surface area contributed by atoms with E-state index in [2.05, 4.69) is 5.32 Å². The summed E-state index contributed by atoms with van der Waals surface area (Å²) < 4.78 is 38.1. The Morgan fingerprint density at radius 3 is 2.73 bits per heavy atom. The van der Waals surface area contributed by atoms with Crippen molar-refractivity contribution in [1.82, 2.24) is 0 Å². The summed E-state index contributed by atoms with van der Waals surface area (Å²) in [7, 11) is 0. The minimum Gasteiger partial charge on any atom is -0.385 e. The molecule has 0 saturated carbocycles. The third kappa shape index (κ3) is 1.94. The zero-order valence-corrected chi connectivity index (χ0v) is 8.36. The van der Waals surface area contributed by atoms with E-state index >= 15 is 0 Å². The number of halogens is 3. The molecule has 1 N–H and O–H groups in total. The normalized spacial score (nSPS) is 20.7. The first-order valence-corrected chi connectivity index (χ1v) is 4.89. The van der Waals surface area contributed by atoms with Gasteiger partial charge in [-0.05, 0) is 30.5 Å². The Balaban J connectivity index is 2.43. The first kappa shape index (κ1) is 10.3. The summed E-state index contributed by atoms with van der Waals surface area (Å²) in [6.45, 7) is 2.26. The van der Waals surface area contributed by atoms with E-state index < -0.39 is 12.1 Å². The van der Waals surface area contributed by atoms with Gasteiger partial charge < -0.3 is 5.32 Å². The van der Waals surface area contributed by atoms with Gasteiger partial charge in [0.15, 0.2) is 0 Å². The van der Waals surface area contributed by atoms with Crippen molar-refractivity contribution in [3.8, 4) is 0 Å². The molecule has 0 bridgehead atoms. The molecule has 82 valence electrons. The second kappa shape index (κ2) is 3.43. The molecule has 15 heavy (non-hydrogen) atoms.